The molecule has 19 heavy (non-hydrogen) atoms. The maximum Gasteiger partial charge on any atom is 0.317 e. The van der Waals surface area contributed by atoms with Gasteiger partial charge in [0.25, 0.3) is 5.91 Å². The van der Waals surface area contributed by atoms with Crippen molar-refractivity contribution in [3.05, 3.63) is 35.9 Å². The van der Waals surface area contributed by atoms with Crippen molar-refractivity contribution < 1.29 is 14.7 Å². The highest BCUT2D eigenvalue weighted by molar-refractivity contribution is 5.94. The molecule has 1 aliphatic heterocycles. The third kappa shape index (κ3) is 3.32. The number of nitrogens with zero attached hydrogens (tertiary/aromatic N) is 2. The SMILES string of the molecule is CN(CC(=O)O)[C@@H]1CCN(C(=O)c2ccccc2)C1. The van der Waals surface area contributed by atoms with E-state index in [1.807, 2.05) is 18.2 Å². The molecule has 1 N–H and O–H groups in total. The lowest BCUT2D eigenvalue weighted by Crippen LogP contribution is -2.39. The normalized spacial score (nSPS) is 18.8. The van der Waals surface area contributed by atoms with Gasteiger partial charge in [0.2, 0.25) is 0 Å². The highest BCUT2D eigenvalue weighted by Gasteiger charge is 2.29. The van der Waals surface area contributed by atoms with Gasteiger partial charge in [-0.2, -0.15) is 0 Å². The van der Waals surface area contributed by atoms with Crippen molar-refractivity contribution in [2.75, 3.05) is 26.7 Å². The highest BCUT2D eigenvalue weighted by Crippen LogP contribution is 2.17. The molecule has 5 nitrogen and oxygen atoms in total. The molecule has 0 unspecified atom stereocenters. The van der Waals surface area contributed by atoms with Gasteiger partial charge in [-0.1, -0.05) is 18.2 Å². The van der Waals surface area contributed by atoms with Crippen LogP contribution in [0.4, 0.5) is 0 Å². The van der Waals surface area contributed by atoms with Crippen LogP contribution in [0.25, 0.3) is 0 Å². The molecule has 1 saturated heterocycles. The Labute approximate surface area is 112 Å². The third-order valence-electron chi connectivity index (χ3n) is 3.48. The van der Waals surface area contributed by atoms with Crippen molar-refractivity contribution in [1.29, 1.82) is 0 Å². The summed E-state index contributed by atoms with van der Waals surface area (Å²) >= 11 is 0. The van der Waals surface area contributed by atoms with E-state index >= 15 is 0 Å². The first kappa shape index (κ1) is 13.5. The number of carbonyl (C=O) groups is 2. The van der Waals surface area contributed by atoms with E-state index in [9.17, 15) is 9.59 Å². The number of likely N-dealkylation sites (N-methyl/N-ethyl adjacent to an activating group) is 1. The Morgan fingerprint density at radius 2 is 2.05 bits per heavy atom. The Hall–Kier alpha value is -1.88. The van der Waals surface area contributed by atoms with Crippen LogP contribution in [-0.4, -0.2) is 59.5 Å². The second kappa shape index (κ2) is 5.84. The lowest BCUT2D eigenvalue weighted by atomic mass is 10.2. The first-order valence-electron chi connectivity index (χ1n) is 6.34. The summed E-state index contributed by atoms with van der Waals surface area (Å²) < 4.78 is 0. The van der Waals surface area contributed by atoms with Crippen LogP contribution in [0.5, 0.6) is 0 Å². The van der Waals surface area contributed by atoms with E-state index in [4.69, 9.17) is 5.11 Å². The summed E-state index contributed by atoms with van der Waals surface area (Å²) in [5.74, 6) is -0.817. The van der Waals surface area contributed by atoms with Crippen molar-refractivity contribution in [3.63, 3.8) is 0 Å². The zero-order valence-corrected chi connectivity index (χ0v) is 11.0. The van der Waals surface area contributed by atoms with Crippen LogP contribution in [0, 0.1) is 0 Å². The number of amides is 1. The molecule has 1 aromatic rings. The average Bonchev–Trinajstić information content (AvgIpc) is 2.88. The van der Waals surface area contributed by atoms with Crippen LogP contribution in [0.2, 0.25) is 0 Å². The summed E-state index contributed by atoms with van der Waals surface area (Å²) in [7, 11) is 1.79. The van der Waals surface area contributed by atoms with Gasteiger partial charge in [0, 0.05) is 24.7 Å². The number of carboxylic acid groups (broad SMARTS) is 1. The monoisotopic (exact) mass is 262 g/mol. The first-order valence-corrected chi connectivity index (χ1v) is 6.34. The molecule has 1 heterocycles. The molecule has 2 rings (SSSR count). The molecule has 0 aliphatic carbocycles. The van der Waals surface area contributed by atoms with Gasteiger partial charge >= 0.3 is 5.97 Å². The quantitative estimate of drug-likeness (QED) is 0.876. The molecule has 1 amide bonds. The first-order chi connectivity index (χ1) is 9.08. The van der Waals surface area contributed by atoms with E-state index in [1.165, 1.54) is 0 Å². The molecule has 0 spiro atoms. The van der Waals surface area contributed by atoms with E-state index in [2.05, 4.69) is 0 Å². The molecule has 0 aromatic heterocycles. The summed E-state index contributed by atoms with van der Waals surface area (Å²) in [5, 5.41) is 8.78. The zero-order chi connectivity index (χ0) is 13.8. The molecule has 1 aromatic carbocycles. The minimum Gasteiger partial charge on any atom is -0.480 e. The van der Waals surface area contributed by atoms with Gasteiger partial charge in [0.15, 0.2) is 0 Å². The maximum atomic E-state index is 12.2. The highest BCUT2D eigenvalue weighted by atomic mass is 16.4. The van der Waals surface area contributed by atoms with Gasteiger partial charge in [-0.15, -0.1) is 0 Å². The van der Waals surface area contributed by atoms with Crippen molar-refractivity contribution in [3.8, 4) is 0 Å². The Kier molecular flexibility index (Phi) is 4.16. The van der Waals surface area contributed by atoms with E-state index in [0.717, 1.165) is 6.42 Å². The number of aliphatic carboxylic acids is 1. The van der Waals surface area contributed by atoms with Crippen LogP contribution in [0.15, 0.2) is 30.3 Å². The minimum absolute atomic E-state index is 0.0119. The molecule has 1 fully saturated rings. The summed E-state index contributed by atoms with van der Waals surface area (Å²) in [4.78, 5) is 26.5. The van der Waals surface area contributed by atoms with Crippen molar-refractivity contribution >= 4 is 11.9 Å². The fraction of sp³-hybridized carbons (Fsp3) is 0.429. The fourth-order valence-corrected chi connectivity index (χ4v) is 2.39. The van der Waals surface area contributed by atoms with E-state index < -0.39 is 5.97 Å². The summed E-state index contributed by atoms with van der Waals surface area (Å²) in [6.45, 7) is 1.29. The fourth-order valence-electron chi connectivity index (χ4n) is 2.39. The predicted molar refractivity (Wildman–Crippen MR) is 71.0 cm³/mol. The smallest absolute Gasteiger partial charge is 0.317 e. The summed E-state index contributed by atoms with van der Waals surface area (Å²) in [6.07, 6.45) is 0.822. The molecule has 0 saturated carbocycles. The minimum atomic E-state index is -0.838. The lowest BCUT2D eigenvalue weighted by Gasteiger charge is -2.22. The van der Waals surface area contributed by atoms with Gasteiger partial charge in [-0.3, -0.25) is 14.5 Å². The molecule has 1 atom stereocenters. The molecular weight excluding hydrogens is 244 g/mol. The number of carbonyl (C=O) groups excluding carboxylic acids is 1. The largest absolute Gasteiger partial charge is 0.480 e. The van der Waals surface area contributed by atoms with Crippen molar-refractivity contribution in [2.24, 2.45) is 0 Å². The van der Waals surface area contributed by atoms with Gasteiger partial charge in [-0.05, 0) is 25.6 Å². The predicted octanol–water partition coefficient (Wildman–Crippen LogP) is 0.917. The van der Waals surface area contributed by atoms with Gasteiger partial charge in [0.1, 0.15) is 0 Å². The number of rotatable bonds is 4. The molecule has 0 radical (unpaired) electrons. The molecule has 0 bridgehead atoms. The van der Waals surface area contributed by atoms with Gasteiger partial charge in [0.05, 0.1) is 6.54 Å². The Balaban J connectivity index is 1.95. The Morgan fingerprint density at radius 3 is 2.68 bits per heavy atom. The average molecular weight is 262 g/mol. The van der Waals surface area contributed by atoms with Crippen molar-refractivity contribution in [1.82, 2.24) is 9.80 Å². The lowest BCUT2D eigenvalue weighted by molar-refractivity contribution is -0.138. The van der Waals surface area contributed by atoms with Crippen LogP contribution in [0.3, 0.4) is 0 Å². The van der Waals surface area contributed by atoms with Crippen LogP contribution in [0.1, 0.15) is 16.8 Å². The van der Waals surface area contributed by atoms with Crippen LogP contribution >= 0.6 is 0 Å². The standard InChI is InChI=1S/C14H18N2O3/c1-15(10-13(17)18)12-7-8-16(9-12)14(19)11-5-3-2-4-6-11/h2-6,12H,7-10H2,1H3,(H,17,18)/t12-/m1/s1. The van der Waals surface area contributed by atoms with Gasteiger partial charge in [-0.25, -0.2) is 0 Å². The molecule has 5 heteroatoms. The number of hydrogen-bond donors (Lipinski definition) is 1. The van der Waals surface area contributed by atoms with E-state index in [0.29, 0.717) is 18.7 Å². The number of likely N-dealkylation sites (tertiary alicyclic amines) is 1. The second-order valence-corrected chi connectivity index (χ2v) is 4.87. The van der Waals surface area contributed by atoms with E-state index in [-0.39, 0.29) is 18.5 Å². The number of carboxylic acids is 1. The maximum absolute atomic E-state index is 12.2. The Bertz CT molecular complexity index is 461. The van der Waals surface area contributed by atoms with Crippen molar-refractivity contribution in [2.45, 2.75) is 12.5 Å². The second-order valence-electron chi connectivity index (χ2n) is 4.87. The molecular formula is C14H18N2O3. The summed E-state index contributed by atoms with van der Waals surface area (Å²) in [6, 6.07) is 9.30. The molecule has 102 valence electrons. The topological polar surface area (TPSA) is 60.9 Å². The van der Waals surface area contributed by atoms with E-state index in [1.54, 1.807) is 29.0 Å². The Morgan fingerprint density at radius 1 is 1.37 bits per heavy atom. The van der Waals surface area contributed by atoms with Crippen LogP contribution < -0.4 is 0 Å². The molecule has 1 aliphatic rings. The van der Waals surface area contributed by atoms with Gasteiger partial charge < -0.3 is 10.0 Å². The third-order valence-corrected chi connectivity index (χ3v) is 3.48. The zero-order valence-electron chi connectivity index (χ0n) is 11.0. The summed E-state index contributed by atoms with van der Waals surface area (Å²) in [5.41, 5.74) is 0.684. The number of hydrogen-bond acceptors (Lipinski definition) is 3. The number of benzene rings is 1. The van der Waals surface area contributed by atoms with Crippen LogP contribution in [-0.2, 0) is 4.79 Å².